The van der Waals surface area contributed by atoms with Crippen LogP contribution < -0.4 is 5.32 Å². The van der Waals surface area contributed by atoms with Gasteiger partial charge in [-0.15, -0.1) is 0 Å². The van der Waals surface area contributed by atoms with Crippen molar-refractivity contribution in [2.24, 2.45) is 0 Å². The normalized spacial score (nSPS) is 12.3. The number of halogens is 2. The third-order valence-electron chi connectivity index (χ3n) is 2.78. The van der Waals surface area contributed by atoms with Crippen molar-refractivity contribution in [3.63, 3.8) is 0 Å². The van der Waals surface area contributed by atoms with Crippen LogP contribution >= 0.6 is 15.9 Å². The molecule has 0 saturated heterocycles. The van der Waals surface area contributed by atoms with Crippen molar-refractivity contribution in [1.29, 1.82) is 0 Å². The molecular formula is C13H17BrFNO2. The first kappa shape index (κ1) is 15.1. The Morgan fingerprint density at radius 2 is 2.22 bits per heavy atom. The van der Waals surface area contributed by atoms with Gasteiger partial charge in [0, 0.05) is 17.1 Å². The van der Waals surface area contributed by atoms with Gasteiger partial charge in [-0.05, 0) is 31.0 Å². The van der Waals surface area contributed by atoms with Gasteiger partial charge in [-0.3, -0.25) is 0 Å². The molecular weight excluding hydrogens is 301 g/mol. The zero-order valence-electron chi connectivity index (χ0n) is 10.7. The van der Waals surface area contributed by atoms with Gasteiger partial charge in [0.25, 0.3) is 0 Å². The molecule has 3 nitrogen and oxygen atoms in total. The van der Waals surface area contributed by atoms with Crippen LogP contribution in [0, 0.1) is 5.82 Å². The Balaban J connectivity index is 3.04. The lowest BCUT2D eigenvalue weighted by atomic mass is 10.1. The molecule has 1 aromatic carbocycles. The first-order valence-electron chi connectivity index (χ1n) is 5.79. The van der Waals surface area contributed by atoms with Crippen LogP contribution in [0.5, 0.6) is 0 Å². The number of hydrogen-bond acceptors (Lipinski definition) is 3. The highest BCUT2D eigenvalue weighted by molar-refractivity contribution is 9.10. The molecule has 0 saturated carbocycles. The van der Waals surface area contributed by atoms with Gasteiger partial charge in [-0.1, -0.05) is 22.9 Å². The minimum atomic E-state index is -0.652. The van der Waals surface area contributed by atoms with Crippen LogP contribution in [-0.4, -0.2) is 19.1 Å². The highest BCUT2D eigenvalue weighted by atomic mass is 79.9. The van der Waals surface area contributed by atoms with Crippen molar-refractivity contribution in [2.75, 3.05) is 7.11 Å². The molecule has 0 fully saturated rings. The Bertz CT molecular complexity index is 437. The smallest absolute Gasteiger partial charge is 0.341 e. The largest absolute Gasteiger partial charge is 0.465 e. The van der Waals surface area contributed by atoms with Gasteiger partial charge >= 0.3 is 5.97 Å². The van der Waals surface area contributed by atoms with Crippen molar-refractivity contribution in [2.45, 2.75) is 32.9 Å². The molecule has 100 valence electrons. The van der Waals surface area contributed by atoms with Crippen LogP contribution in [0.25, 0.3) is 0 Å². The lowest BCUT2D eigenvalue weighted by Crippen LogP contribution is -2.26. The first-order valence-corrected chi connectivity index (χ1v) is 6.58. The van der Waals surface area contributed by atoms with Gasteiger partial charge < -0.3 is 10.1 Å². The zero-order valence-corrected chi connectivity index (χ0v) is 12.3. The second-order valence-electron chi connectivity index (χ2n) is 4.10. The van der Waals surface area contributed by atoms with E-state index in [0.717, 1.165) is 6.42 Å². The molecule has 0 radical (unpaired) electrons. The van der Waals surface area contributed by atoms with Crippen LogP contribution in [-0.2, 0) is 11.3 Å². The van der Waals surface area contributed by atoms with Gasteiger partial charge in [0.2, 0.25) is 0 Å². The number of benzene rings is 1. The average molecular weight is 318 g/mol. The number of hydrogen-bond donors (Lipinski definition) is 1. The predicted molar refractivity (Wildman–Crippen MR) is 72.0 cm³/mol. The van der Waals surface area contributed by atoms with Gasteiger partial charge in [0.1, 0.15) is 5.82 Å². The fourth-order valence-electron chi connectivity index (χ4n) is 1.53. The summed E-state index contributed by atoms with van der Waals surface area (Å²) in [6.07, 6.45) is 0.962. The van der Waals surface area contributed by atoms with E-state index in [2.05, 4.69) is 32.9 Å². The number of methoxy groups -OCH3 is 1. The lowest BCUT2D eigenvalue weighted by Gasteiger charge is -2.14. The molecule has 1 aromatic rings. The molecule has 0 aromatic heterocycles. The number of nitrogens with one attached hydrogen (secondary N) is 1. The minimum absolute atomic E-state index is 0.00324. The first-order chi connectivity index (χ1) is 8.49. The van der Waals surface area contributed by atoms with Gasteiger partial charge in [0.05, 0.1) is 12.7 Å². The van der Waals surface area contributed by atoms with E-state index in [1.165, 1.54) is 13.2 Å². The van der Waals surface area contributed by atoms with Crippen LogP contribution in [0.15, 0.2) is 16.6 Å². The van der Waals surface area contributed by atoms with Crippen molar-refractivity contribution >= 4 is 21.9 Å². The molecule has 18 heavy (non-hydrogen) atoms. The van der Waals surface area contributed by atoms with E-state index in [1.54, 1.807) is 6.07 Å². The van der Waals surface area contributed by atoms with Crippen LogP contribution in [0.4, 0.5) is 4.39 Å². The Kier molecular flexibility index (Phi) is 5.75. The molecule has 0 aliphatic heterocycles. The van der Waals surface area contributed by atoms with Crippen LogP contribution in [0.3, 0.4) is 0 Å². The molecule has 0 amide bonds. The highest BCUT2D eigenvalue weighted by Gasteiger charge is 2.18. The third-order valence-corrected chi connectivity index (χ3v) is 3.24. The maximum absolute atomic E-state index is 13.8. The minimum Gasteiger partial charge on any atom is -0.465 e. The summed E-state index contributed by atoms with van der Waals surface area (Å²) in [4.78, 5) is 11.6. The van der Waals surface area contributed by atoms with Crippen molar-refractivity contribution in [1.82, 2.24) is 5.32 Å². The average Bonchev–Trinajstić information content (AvgIpc) is 2.34. The standard InChI is InChI=1S/C13H17BrFNO2/c1-4-8(2)16-7-9-5-10(14)6-11(15)12(9)13(17)18-3/h5-6,8,16H,4,7H2,1-3H3/t8-/m1/s1. The summed E-state index contributed by atoms with van der Waals surface area (Å²) in [6, 6.07) is 3.29. The third kappa shape index (κ3) is 3.78. The van der Waals surface area contributed by atoms with Crippen molar-refractivity contribution in [3.05, 3.63) is 33.5 Å². The van der Waals surface area contributed by atoms with E-state index >= 15 is 0 Å². The highest BCUT2D eigenvalue weighted by Crippen LogP contribution is 2.21. The SMILES string of the molecule is CC[C@@H](C)NCc1cc(Br)cc(F)c1C(=O)OC. The predicted octanol–water partition coefficient (Wildman–Crippen LogP) is 3.26. The summed E-state index contributed by atoms with van der Waals surface area (Å²) in [7, 11) is 1.25. The van der Waals surface area contributed by atoms with Crippen molar-refractivity contribution < 1.29 is 13.9 Å². The molecule has 5 heteroatoms. The topological polar surface area (TPSA) is 38.3 Å². The van der Waals surface area contributed by atoms with E-state index < -0.39 is 11.8 Å². The second kappa shape index (κ2) is 6.85. The molecule has 0 bridgehead atoms. The molecule has 0 spiro atoms. The summed E-state index contributed by atoms with van der Waals surface area (Å²) in [6.45, 7) is 4.52. The van der Waals surface area contributed by atoms with Crippen LogP contribution in [0.1, 0.15) is 36.2 Å². The maximum Gasteiger partial charge on any atom is 0.341 e. The molecule has 1 rings (SSSR count). The Hall–Kier alpha value is -0.940. The Labute approximate surface area is 115 Å². The van der Waals surface area contributed by atoms with E-state index in [4.69, 9.17) is 0 Å². The molecule has 0 aliphatic rings. The number of rotatable bonds is 5. The number of carbonyl (C=O) groups is 1. The van der Waals surface area contributed by atoms with Crippen LogP contribution in [0.2, 0.25) is 0 Å². The second-order valence-corrected chi connectivity index (χ2v) is 5.02. The van der Waals surface area contributed by atoms with Gasteiger partial charge in [-0.25, -0.2) is 9.18 Å². The molecule has 1 N–H and O–H groups in total. The van der Waals surface area contributed by atoms with Crippen molar-refractivity contribution in [3.8, 4) is 0 Å². The Morgan fingerprint density at radius 1 is 1.56 bits per heavy atom. The molecule has 0 heterocycles. The van der Waals surface area contributed by atoms with Gasteiger partial charge in [0.15, 0.2) is 0 Å². The summed E-state index contributed by atoms with van der Waals surface area (Å²) in [5.74, 6) is -1.22. The van der Waals surface area contributed by atoms with E-state index in [0.29, 0.717) is 22.6 Å². The fourth-order valence-corrected chi connectivity index (χ4v) is 2.00. The summed E-state index contributed by atoms with van der Waals surface area (Å²) < 4.78 is 19.0. The lowest BCUT2D eigenvalue weighted by molar-refractivity contribution is 0.0594. The fraction of sp³-hybridized carbons (Fsp3) is 0.462. The van der Waals surface area contributed by atoms with E-state index in [9.17, 15) is 9.18 Å². The Morgan fingerprint density at radius 3 is 2.78 bits per heavy atom. The monoisotopic (exact) mass is 317 g/mol. The number of carbonyl (C=O) groups excluding carboxylic acids is 1. The molecule has 1 atom stereocenters. The van der Waals surface area contributed by atoms with E-state index in [-0.39, 0.29) is 5.56 Å². The molecule has 0 aliphatic carbocycles. The summed E-state index contributed by atoms with van der Waals surface area (Å²) >= 11 is 3.22. The number of ether oxygens (including phenoxy) is 1. The van der Waals surface area contributed by atoms with E-state index in [1.807, 2.05) is 6.92 Å². The number of esters is 1. The van der Waals surface area contributed by atoms with Gasteiger partial charge in [-0.2, -0.15) is 0 Å². The summed E-state index contributed by atoms with van der Waals surface area (Å²) in [5, 5.41) is 3.23. The molecule has 0 unspecified atom stereocenters. The zero-order chi connectivity index (χ0) is 13.7. The summed E-state index contributed by atoms with van der Waals surface area (Å²) in [5.41, 5.74) is 0.588. The maximum atomic E-state index is 13.8. The quantitative estimate of drug-likeness (QED) is 0.847.